The third kappa shape index (κ3) is 5.01. The van der Waals surface area contributed by atoms with Crippen molar-refractivity contribution in [1.82, 2.24) is 9.21 Å². The van der Waals surface area contributed by atoms with E-state index in [0.717, 1.165) is 18.9 Å². The third-order valence-corrected chi connectivity index (χ3v) is 8.66. The fourth-order valence-electron chi connectivity index (χ4n) is 4.57. The Bertz CT molecular complexity index is 1170. The van der Waals surface area contributed by atoms with Gasteiger partial charge >= 0.3 is 0 Å². The highest BCUT2D eigenvalue weighted by molar-refractivity contribution is 7.89. The molecule has 0 aliphatic carbocycles. The number of nitrogens with zero attached hydrogens (tertiary/aromatic N) is 3. The number of ether oxygens (including phenoxy) is 1. The minimum atomic E-state index is -3.61. The molecule has 7 nitrogen and oxygen atoms in total. The summed E-state index contributed by atoms with van der Waals surface area (Å²) in [6, 6.07) is 8.67. The molecule has 0 bridgehead atoms. The first-order valence-electron chi connectivity index (χ1n) is 11.4. The minimum Gasteiger partial charge on any atom is -0.495 e. The van der Waals surface area contributed by atoms with E-state index in [4.69, 9.17) is 16.3 Å². The summed E-state index contributed by atoms with van der Waals surface area (Å²) in [6.07, 6.45) is 1.89. The van der Waals surface area contributed by atoms with Crippen molar-refractivity contribution in [3.63, 3.8) is 0 Å². The van der Waals surface area contributed by atoms with Gasteiger partial charge in [0.05, 0.1) is 28.3 Å². The average molecular weight is 510 g/mol. The quantitative estimate of drug-likeness (QED) is 0.612. The van der Waals surface area contributed by atoms with E-state index in [1.54, 1.807) is 34.5 Å². The average Bonchev–Trinajstić information content (AvgIpc) is 2.84. The molecule has 4 rings (SSSR count). The van der Waals surface area contributed by atoms with Gasteiger partial charge in [-0.15, -0.1) is 0 Å². The molecule has 0 unspecified atom stereocenters. The van der Waals surface area contributed by atoms with Crippen LogP contribution in [0.2, 0.25) is 5.02 Å². The van der Waals surface area contributed by atoms with E-state index in [2.05, 4.69) is 6.92 Å². The number of methoxy groups -OCH3 is 1. The second-order valence-corrected chi connectivity index (χ2v) is 11.2. The van der Waals surface area contributed by atoms with E-state index in [0.29, 0.717) is 56.6 Å². The lowest BCUT2D eigenvalue weighted by atomic mass is 10.0. The van der Waals surface area contributed by atoms with Gasteiger partial charge in [-0.25, -0.2) is 12.8 Å². The maximum absolute atomic E-state index is 13.6. The summed E-state index contributed by atoms with van der Waals surface area (Å²) in [5, 5.41) is 0.209. The zero-order valence-corrected chi connectivity index (χ0v) is 20.9. The second-order valence-electron chi connectivity index (χ2n) is 8.85. The van der Waals surface area contributed by atoms with Crippen LogP contribution in [-0.4, -0.2) is 69.9 Å². The highest BCUT2D eigenvalue weighted by Crippen LogP contribution is 2.34. The normalized spacial score (nSPS) is 19.8. The number of benzene rings is 2. The molecule has 10 heteroatoms. The lowest BCUT2D eigenvalue weighted by Crippen LogP contribution is -2.49. The Morgan fingerprint density at radius 1 is 1.09 bits per heavy atom. The summed E-state index contributed by atoms with van der Waals surface area (Å²) in [5.74, 6) is 0.0567. The predicted molar refractivity (Wildman–Crippen MR) is 130 cm³/mol. The lowest BCUT2D eigenvalue weighted by Gasteiger charge is -2.37. The molecule has 2 aromatic rings. The number of carbonyl (C=O) groups excluding carboxylic acids is 1. The molecule has 2 fully saturated rings. The molecule has 34 heavy (non-hydrogen) atoms. The van der Waals surface area contributed by atoms with E-state index in [9.17, 15) is 17.6 Å². The van der Waals surface area contributed by atoms with Crippen LogP contribution in [0.25, 0.3) is 0 Å². The number of halogens is 2. The van der Waals surface area contributed by atoms with Gasteiger partial charge in [-0.2, -0.15) is 4.31 Å². The Morgan fingerprint density at radius 3 is 2.50 bits per heavy atom. The van der Waals surface area contributed by atoms with Crippen LogP contribution in [-0.2, 0) is 10.0 Å². The molecule has 0 N–H and O–H groups in total. The fraction of sp³-hybridized carbons (Fsp3) is 0.458. The maximum atomic E-state index is 13.6. The van der Waals surface area contributed by atoms with E-state index in [1.165, 1.54) is 12.1 Å². The second kappa shape index (κ2) is 10.1. The number of piperazine rings is 1. The number of piperidine rings is 1. The molecule has 2 aromatic carbocycles. The first-order valence-corrected chi connectivity index (χ1v) is 13.2. The predicted octanol–water partition coefficient (Wildman–Crippen LogP) is 3.87. The molecule has 0 radical (unpaired) electrons. The van der Waals surface area contributed by atoms with Gasteiger partial charge in [0.15, 0.2) is 0 Å². The van der Waals surface area contributed by atoms with Crippen molar-refractivity contribution in [2.24, 2.45) is 5.92 Å². The third-order valence-electron chi connectivity index (χ3n) is 6.47. The Hall–Kier alpha value is -2.36. The monoisotopic (exact) mass is 509 g/mol. The van der Waals surface area contributed by atoms with Crippen LogP contribution in [0, 0.1) is 11.7 Å². The number of hydrogen-bond donors (Lipinski definition) is 0. The maximum Gasteiger partial charge on any atom is 0.255 e. The molecule has 1 atom stereocenters. The number of rotatable bonds is 5. The molecule has 0 saturated carbocycles. The van der Waals surface area contributed by atoms with Gasteiger partial charge in [0.25, 0.3) is 5.91 Å². The van der Waals surface area contributed by atoms with Gasteiger partial charge in [-0.3, -0.25) is 4.79 Å². The Labute approximate surface area is 205 Å². The number of sulfonamides is 1. The largest absolute Gasteiger partial charge is 0.495 e. The molecule has 0 aromatic heterocycles. The van der Waals surface area contributed by atoms with Crippen molar-refractivity contribution >= 4 is 33.2 Å². The highest BCUT2D eigenvalue weighted by Gasteiger charge is 2.31. The molecule has 2 saturated heterocycles. The Morgan fingerprint density at radius 2 is 1.82 bits per heavy atom. The van der Waals surface area contributed by atoms with Gasteiger partial charge in [-0.05, 0) is 55.2 Å². The summed E-state index contributed by atoms with van der Waals surface area (Å²) in [5.41, 5.74) is 0.807. The van der Waals surface area contributed by atoms with Crippen LogP contribution >= 0.6 is 11.6 Å². The lowest BCUT2D eigenvalue weighted by molar-refractivity contribution is 0.0746. The van der Waals surface area contributed by atoms with E-state index in [1.807, 2.05) is 4.90 Å². The molecular formula is C24H29ClFN3O4S. The zero-order chi connectivity index (χ0) is 24.5. The minimum absolute atomic E-state index is 0.136. The molecule has 2 aliphatic rings. The Balaban J connectivity index is 1.52. The number of carbonyl (C=O) groups is 1. The zero-order valence-electron chi connectivity index (χ0n) is 19.3. The molecule has 0 spiro atoms. The fourth-order valence-corrected chi connectivity index (χ4v) is 6.39. The summed E-state index contributed by atoms with van der Waals surface area (Å²) >= 11 is 6.11. The van der Waals surface area contributed by atoms with Crippen molar-refractivity contribution in [2.75, 3.05) is 51.3 Å². The molecule has 2 heterocycles. The summed E-state index contributed by atoms with van der Waals surface area (Å²) in [4.78, 5) is 16.7. The van der Waals surface area contributed by atoms with Gasteiger partial charge in [0.2, 0.25) is 10.0 Å². The van der Waals surface area contributed by atoms with E-state index in [-0.39, 0.29) is 21.4 Å². The van der Waals surface area contributed by atoms with Crippen LogP contribution in [0.4, 0.5) is 10.1 Å². The first kappa shape index (κ1) is 24.8. The van der Waals surface area contributed by atoms with Crippen LogP contribution in [0.5, 0.6) is 5.75 Å². The summed E-state index contributed by atoms with van der Waals surface area (Å²) in [6.45, 7) is 4.83. The standard InChI is InChI=1S/C24H29ClFN3O4S/c1-17-4-3-9-29(16-17)34(31,32)19-6-8-23(33-2)22(15-19)27-10-12-28(13-11-27)24(30)20-14-18(26)5-7-21(20)25/h5-8,14-15,17H,3-4,9-13,16H2,1-2H3/t17-/m0/s1. The van der Waals surface area contributed by atoms with Crippen LogP contribution in [0.15, 0.2) is 41.3 Å². The van der Waals surface area contributed by atoms with Gasteiger partial charge in [0, 0.05) is 39.3 Å². The summed E-state index contributed by atoms with van der Waals surface area (Å²) in [7, 11) is -2.07. The molecule has 184 valence electrons. The smallest absolute Gasteiger partial charge is 0.255 e. The highest BCUT2D eigenvalue weighted by atomic mass is 35.5. The number of hydrogen-bond acceptors (Lipinski definition) is 5. The van der Waals surface area contributed by atoms with E-state index < -0.39 is 15.8 Å². The van der Waals surface area contributed by atoms with Crippen LogP contribution in [0.1, 0.15) is 30.1 Å². The van der Waals surface area contributed by atoms with Crippen molar-refractivity contribution < 1.29 is 22.3 Å². The van der Waals surface area contributed by atoms with Crippen molar-refractivity contribution in [1.29, 1.82) is 0 Å². The van der Waals surface area contributed by atoms with Gasteiger partial charge in [-0.1, -0.05) is 18.5 Å². The number of amides is 1. The van der Waals surface area contributed by atoms with Gasteiger partial charge < -0.3 is 14.5 Å². The van der Waals surface area contributed by atoms with Crippen molar-refractivity contribution in [3.8, 4) is 5.75 Å². The Kier molecular flexibility index (Phi) is 7.35. The van der Waals surface area contributed by atoms with E-state index >= 15 is 0 Å². The summed E-state index contributed by atoms with van der Waals surface area (Å²) < 4.78 is 47.3. The van der Waals surface area contributed by atoms with Crippen molar-refractivity contribution in [2.45, 2.75) is 24.7 Å². The SMILES string of the molecule is COc1ccc(S(=O)(=O)N2CCC[C@H](C)C2)cc1N1CCN(C(=O)c2cc(F)ccc2Cl)CC1. The molecular weight excluding hydrogens is 481 g/mol. The van der Waals surface area contributed by atoms with Crippen LogP contribution in [0.3, 0.4) is 0 Å². The molecule has 2 aliphatic heterocycles. The van der Waals surface area contributed by atoms with Gasteiger partial charge in [0.1, 0.15) is 11.6 Å². The van der Waals surface area contributed by atoms with Crippen molar-refractivity contribution in [3.05, 3.63) is 52.8 Å². The number of anilines is 1. The first-order chi connectivity index (χ1) is 16.2. The topological polar surface area (TPSA) is 70.2 Å². The van der Waals surface area contributed by atoms with Crippen LogP contribution < -0.4 is 9.64 Å². The molecule has 1 amide bonds.